The van der Waals surface area contributed by atoms with Crippen molar-refractivity contribution in [2.24, 2.45) is 0 Å². The van der Waals surface area contributed by atoms with Gasteiger partial charge in [0.05, 0.1) is 11.9 Å². The van der Waals surface area contributed by atoms with Crippen LogP contribution in [0.4, 0.5) is 5.69 Å². The fourth-order valence-corrected chi connectivity index (χ4v) is 6.09. The summed E-state index contributed by atoms with van der Waals surface area (Å²) in [7, 11) is -3.58. The maximum absolute atomic E-state index is 13.9. The number of hydrogen-bond acceptors (Lipinski definition) is 4. The summed E-state index contributed by atoms with van der Waals surface area (Å²) in [5, 5.41) is 3.60. The van der Waals surface area contributed by atoms with E-state index in [2.05, 4.69) is 5.32 Å². The zero-order valence-corrected chi connectivity index (χ0v) is 26.7. The molecule has 0 aliphatic carbocycles. The van der Waals surface area contributed by atoms with Gasteiger partial charge in [-0.05, 0) is 80.1 Å². The molecule has 0 saturated heterocycles. The monoisotopic (exact) mass is 611 g/mol. The van der Waals surface area contributed by atoms with Crippen molar-refractivity contribution in [3.8, 4) is 0 Å². The van der Waals surface area contributed by atoms with Crippen LogP contribution in [0.15, 0.2) is 72.8 Å². The van der Waals surface area contributed by atoms with E-state index in [1.165, 1.54) is 10.6 Å². The summed E-state index contributed by atoms with van der Waals surface area (Å²) >= 11 is 6.26. The van der Waals surface area contributed by atoms with Crippen LogP contribution in [0.25, 0.3) is 0 Å². The summed E-state index contributed by atoms with van der Waals surface area (Å²) in [6.45, 7) is 8.11. The zero-order valence-electron chi connectivity index (χ0n) is 25.1. The average Bonchev–Trinajstić information content (AvgIpc) is 2.92. The minimum atomic E-state index is -3.58. The second kappa shape index (κ2) is 15.2. The lowest BCUT2D eigenvalue weighted by Gasteiger charge is -2.33. The molecule has 42 heavy (non-hydrogen) atoms. The van der Waals surface area contributed by atoms with Crippen molar-refractivity contribution in [2.45, 2.75) is 72.0 Å². The van der Waals surface area contributed by atoms with E-state index >= 15 is 0 Å². The predicted octanol–water partition coefficient (Wildman–Crippen LogP) is 6.06. The fraction of sp³-hybridized carbons (Fsp3) is 0.394. The van der Waals surface area contributed by atoms with Crippen LogP contribution in [-0.2, 0) is 32.6 Å². The molecule has 3 rings (SSSR count). The second-order valence-corrected chi connectivity index (χ2v) is 13.3. The molecule has 0 aliphatic heterocycles. The highest BCUT2D eigenvalue weighted by molar-refractivity contribution is 7.92. The van der Waals surface area contributed by atoms with Crippen LogP contribution in [-0.4, -0.2) is 50.0 Å². The molecule has 0 aliphatic rings. The number of sulfonamides is 1. The number of rotatable bonds is 14. The van der Waals surface area contributed by atoms with E-state index in [0.29, 0.717) is 17.1 Å². The van der Waals surface area contributed by atoms with Crippen LogP contribution in [0.1, 0.15) is 55.4 Å². The maximum atomic E-state index is 13.9. The van der Waals surface area contributed by atoms with Gasteiger partial charge in [0, 0.05) is 37.0 Å². The molecule has 0 unspecified atom stereocenters. The summed E-state index contributed by atoms with van der Waals surface area (Å²) in [4.78, 5) is 29.2. The summed E-state index contributed by atoms with van der Waals surface area (Å²) in [6, 6.07) is 21.7. The van der Waals surface area contributed by atoms with Crippen LogP contribution in [0, 0.1) is 13.8 Å². The lowest BCUT2D eigenvalue weighted by Crippen LogP contribution is -2.52. The minimum absolute atomic E-state index is 0.0556. The SMILES string of the molecule is CC[C@H](C)NC(=O)[C@H](Cc1ccccc1)N(Cc1cccc(Cl)c1)C(=O)CCCN(c1cc(C)cc(C)c1)S(C)(=O)=O. The Labute approximate surface area is 255 Å². The lowest BCUT2D eigenvalue weighted by molar-refractivity contribution is -0.141. The molecule has 1 N–H and O–H groups in total. The highest BCUT2D eigenvalue weighted by Crippen LogP contribution is 2.23. The van der Waals surface area contributed by atoms with Gasteiger partial charge in [-0.2, -0.15) is 0 Å². The number of anilines is 1. The molecule has 226 valence electrons. The topological polar surface area (TPSA) is 86.8 Å². The van der Waals surface area contributed by atoms with E-state index in [9.17, 15) is 18.0 Å². The molecule has 0 fully saturated rings. The fourth-order valence-electron chi connectivity index (χ4n) is 4.93. The smallest absolute Gasteiger partial charge is 0.243 e. The van der Waals surface area contributed by atoms with E-state index in [1.807, 2.05) is 88.4 Å². The standard InChI is InChI=1S/C33H42ClN3O4S/c1-6-26(4)35-33(39)31(22-27-12-8-7-9-13-27)36(23-28-14-10-15-29(34)21-28)32(38)16-11-17-37(42(5,40)41)30-19-24(2)18-25(3)20-30/h7-10,12-15,18-21,26,31H,6,11,16-17,22-23H2,1-5H3,(H,35,39)/t26-,31-/m0/s1. The molecule has 0 bridgehead atoms. The van der Waals surface area contributed by atoms with Crippen LogP contribution in [0.3, 0.4) is 0 Å². The Morgan fingerprint density at radius 1 is 0.929 bits per heavy atom. The van der Waals surface area contributed by atoms with Crippen molar-refractivity contribution in [1.82, 2.24) is 10.2 Å². The quantitative estimate of drug-likeness (QED) is 0.240. The highest BCUT2D eigenvalue weighted by Gasteiger charge is 2.31. The summed E-state index contributed by atoms with van der Waals surface area (Å²) in [5.74, 6) is -0.458. The largest absolute Gasteiger partial charge is 0.352 e. The first kappa shape index (κ1) is 33.1. The van der Waals surface area contributed by atoms with E-state index in [-0.39, 0.29) is 43.8 Å². The molecule has 0 spiro atoms. The molecule has 0 heterocycles. The third-order valence-electron chi connectivity index (χ3n) is 7.16. The number of aryl methyl sites for hydroxylation is 2. The Kier molecular flexibility index (Phi) is 12.0. The predicted molar refractivity (Wildman–Crippen MR) is 171 cm³/mol. The normalized spacial score (nSPS) is 12.8. The first-order valence-electron chi connectivity index (χ1n) is 14.3. The van der Waals surface area contributed by atoms with E-state index in [0.717, 1.165) is 28.7 Å². The van der Waals surface area contributed by atoms with Gasteiger partial charge in [-0.3, -0.25) is 13.9 Å². The van der Waals surface area contributed by atoms with Crippen molar-refractivity contribution in [3.63, 3.8) is 0 Å². The summed E-state index contributed by atoms with van der Waals surface area (Å²) < 4.78 is 26.8. The van der Waals surface area contributed by atoms with Gasteiger partial charge in [-0.1, -0.05) is 67.1 Å². The number of nitrogens with zero attached hydrogens (tertiary/aromatic N) is 2. The first-order valence-corrected chi connectivity index (χ1v) is 16.5. The Morgan fingerprint density at radius 3 is 2.17 bits per heavy atom. The number of hydrogen-bond donors (Lipinski definition) is 1. The second-order valence-electron chi connectivity index (χ2n) is 11.0. The Morgan fingerprint density at radius 2 is 1.57 bits per heavy atom. The van der Waals surface area contributed by atoms with Crippen LogP contribution < -0.4 is 9.62 Å². The molecular weight excluding hydrogens is 570 g/mol. The van der Waals surface area contributed by atoms with Gasteiger partial charge in [-0.25, -0.2) is 8.42 Å². The number of nitrogens with one attached hydrogen (secondary N) is 1. The molecular formula is C33H42ClN3O4S. The van der Waals surface area contributed by atoms with E-state index in [1.54, 1.807) is 17.0 Å². The third-order valence-corrected chi connectivity index (χ3v) is 8.59. The highest BCUT2D eigenvalue weighted by atomic mass is 35.5. The van der Waals surface area contributed by atoms with Crippen LogP contribution in [0.5, 0.6) is 0 Å². The minimum Gasteiger partial charge on any atom is -0.352 e. The Hall–Kier alpha value is -3.36. The number of carbonyl (C=O) groups is 2. The van der Waals surface area contributed by atoms with Crippen molar-refractivity contribution >= 4 is 39.1 Å². The van der Waals surface area contributed by atoms with Gasteiger partial charge in [0.15, 0.2) is 0 Å². The van der Waals surface area contributed by atoms with Gasteiger partial charge >= 0.3 is 0 Å². The summed E-state index contributed by atoms with van der Waals surface area (Å²) in [5.41, 5.74) is 4.23. The zero-order chi connectivity index (χ0) is 30.9. The van der Waals surface area contributed by atoms with Crippen LogP contribution >= 0.6 is 11.6 Å². The molecule has 0 saturated carbocycles. The average molecular weight is 612 g/mol. The van der Waals surface area contributed by atoms with Crippen molar-refractivity contribution in [2.75, 3.05) is 17.1 Å². The van der Waals surface area contributed by atoms with E-state index in [4.69, 9.17) is 11.6 Å². The molecule has 2 amide bonds. The molecule has 3 aromatic rings. The van der Waals surface area contributed by atoms with Crippen LogP contribution in [0.2, 0.25) is 5.02 Å². The van der Waals surface area contributed by atoms with Gasteiger partial charge in [-0.15, -0.1) is 0 Å². The van der Waals surface area contributed by atoms with E-state index < -0.39 is 16.1 Å². The number of halogens is 1. The van der Waals surface area contributed by atoms with Crippen molar-refractivity contribution < 1.29 is 18.0 Å². The lowest BCUT2D eigenvalue weighted by atomic mass is 10.0. The molecule has 0 radical (unpaired) electrons. The van der Waals surface area contributed by atoms with Gasteiger partial charge in [0.2, 0.25) is 21.8 Å². The Bertz CT molecular complexity index is 1440. The number of benzene rings is 3. The Balaban J connectivity index is 1.90. The van der Waals surface area contributed by atoms with Crippen molar-refractivity contribution in [1.29, 1.82) is 0 Å². The van der Waals surface area contributed by atoms with Gasteiger partial charge in [0.1, 0.15) is 6.04 Å². The maximum Gasteiger partial charge on any atom is 0.243 e. The third kappa shape index (κ3) is 9.88. The molecule has 7 nitrogen and oxygen atoms in total. The number of amides is 2. The van der Waals surface area contributed by atoms with Gasteiger partial charge in [0.25, 0.3) is 0 Å². The van der Waals surface area contributed by atoms with Gasteiger partial charge < -0.3 is 10.2 Å². The molecule has 3 aromatic carbocycles. The van der Waals surface area contributed by atoms with Crippen molar-refractivity contribution in [3.05, 3.63) is 100 Å². The summed E-state index contributed by atoms with van der Waals surface area (Å²) in [6.07, 6.45) is 2.63. The molecule has 0 aromatic heterocycles. The molecule has 2 atom stereocenters. The number of carbonyl (C=O) groups excluding carboxylic acids is 2. The molecule has 9 heteroatoms. The first-order chi connectivity index (χ1) is 19.9.